The van der Waals surface area contributed by atoms with E-state index in [0.29, 0.717) is 12.2 Å². The van der Waals surface area contributed by atoms with Gasteiger partial charge in [0.05, 0.1) is 23.8 Å². The molecule has 0 bridgehead atoms. The number of Topliss-reactive ketones (excluding diaryl/α,β-unsaturated/α-hetero) is 2. The van der Waals surface area contributed by atoms with Gasteiger partial charge < -0.3 is 19.8 Å². The van der Waals surface area contributed by atoms with E-state index < -0.39 is 58.7 Å². The monoisotopic (exact) mass is 522 g/mol. The molecule has 0 spiro atoms. The summed E-state index contributed by atoms with van der Waals surface area (Å²) in [5, 5.41) is 20.5. The van der Waals surface area contributed by atoms with Gasteiger partial charge in [0.25, 0.3) is 0 Å². The number of carbonyl (C=O) groups is 4. The standard InChI is InChI=1S/2C8H14O3.2C3H7O.Zr/c2*1-5(7(10)11)6(9)8(2,3)4;2*1-3(2)4;/h2*5H,1-4H3,(H,10,11);2*3H,1-2H3;/q;;2*-1;+4/p-2. The molecule has 0 fully saturated rings. The van der Waals surface area contributed by atoms with Gasteiger partial charge in [0.2, 0.25) is 0 Å². The Morgan fingerprint density at radius 3 is 0.935 bits per heavy atom. The average molecular weight is 524 g/mol. The molecule has 2 atom stereocenters. The molecule has 180 valence electrons. The fourth-order valence-electron chi connectivity index (χ4n) is 1.73. The van der Waals surface area contributed by atoms with E-state index in [2.05, 4.69) is 0 Å². The number of carboxylic acids is 2. The van der Waals surface area contributed by atoms with E-state index in [1.54, 1.807) is 41.5 Å². The number of rotatable bonds is 8. The van der Waals surface area contributed by atoms with E-state index in [-0.39, 0.29) is 11.6 Å². The molecule has 9 heteroatoms. The van der Waals surface area contributed by atoms with Crippen molar-refractivity contribution in [1.82, 2.24) is 0 Å². The van der Waals surface area contributed by atoms with Crippen LogP contribution in [0.15, 0.2) is 0 Å². The zero-order chi connectivity index (χ0) is 25.7. The Kier molecular flexibility index (Phi) is 17.7. The van der Waals surface area contributed by atoms with Crippen LogP contribution in [-0.4, -0.2) is 35.7 Å². The minimum absolute atomic E-state index is 0.294. The summed E-state index contributed by atoms with van der Waals surface area (Å²) in [5.41, 5.74) is -1.20. The first-order valence-corrected chi connectivity index (χ1v) is 12.2. The molecule has 0 heterocycles. The molecule has 0 radical (unpaired) electrons. The molecule has 0 aromatic rings. The summed E-state index contributed by atoms with van der Waals surface area (Å²) in [6.07, 6.45) is 0.686. The van der Waals surface area contributed by atoms with Crippen LogP contribution in [0.2, 0.25) is 0 Å². The fraction of sp³-hybridized carbons (Fsp3) is 0.818. The van der Waals surface area contributed by atoms with Gasteiger partial charge in [0, 0.05) is 10.8 Å². The van der Waals surface area contributed by atoms with E-state index in [1.165, 1.54) is 13.8 Å². The molecule has 0 N–H and O–H groups in total. The van der Waals surface area contributed by atoms with Crippen LogP contribution in [0.3, 0.4) is 0 Å². The first kappa shape index (κ1) is 34.7. The molecule has 8 nitrogen and oxygen atoms in total. The Morgan fingerprint density at radius 2 is 0.839 bits per heavy atom. The molecule has 0 aromatic carbocycles. The predicted octanol–water partition coefficient (Wildman–Crippen LogP) is 1.72. The third kappa shape index (κ3) is 19.5. The third-order valence-electron chi connectivity index (χ3n) is 3.54. The fourth-order valence-corrected chi connectivity index (χ4v) is 2.82. The SMILES string of the molecule is CC(C(=O)[O-])C(=O)C(C)(C)C.CC(C(=O)[O-])C(=O)C(C)(C)C.CC(C)[O][Zr+2][O]C(C)C. The molecule has 0 amide bonds. The van der Waals surface area contributed by atoms with Crippen LogP contribution in [0.5, 0.6) is 0 Å². The van der Waals surface area contributed by atoms with Crippen LogP contribution in [0.25, 0.3) is 0 Å². The zero-order valence-electron chi connectivity index (χ0n) is 21.1. The summed E-state index contributed by atoms with van der Waals surface area (Å²) in [6.45, 7) is 21.0. The summed E-state index contributed by atoms with van der Waals surface area (Å²) in [7, 11) is 0. The molecule has 31 heavy (non-hydrogen) atoms. The molecule has 0 aromatic heterocycles. The first-order valence-electron chi connectivity index (χ1n) is 10.2. The van der Waals surface area contributed by atoms with Crippen molar-refractivity contribution in [1.29, 1.82) is 0 Å². The van der Waals surface area contributed by atoms with Gasteiger partial charge in [-0.05, 0) is 0 Å². The Labute approximate surface area is 200 Å². The third-order valence-corrected chi connectivity index (χ3v) is 6.33. The Morgan fingerprint density at radius 1 is 0.613 bits per heavy atom. The van der Waals surface area contributed by atoms with Crippen LogP contribution in [0.4, 0.5) is 0 Å². The van der Waals surface area contributed by atoms with Crippen LogP contribution in [0.1, 0.15) is 83.1 Å². The molecular formula is C22H40O8Zr. The van der Waals surface area contributed by atoms with Crippen molar-refractivity contribution in [3.05, 3.63) is 0 Å². The Hall–Kier alpha value is -0.917. The second kappa shape index (κ2) is 15.8. The van der Waals surface area contributed by atoms with Gasteiger partial charge in [0.15, 0.2) is 0 Å². The summed E-state index contributed by atoms with van der Waals surface area (Å²) in [6, 6.07) is 0. The summed E-state index contributed by atoms with van der Waals surface area (Å²) in [4.78, 5) is 42.9. The second-order valence-electron chi connectivity index (χ2n) is 9.73. The Bertz CT molecular complexity index is 521. The van der Waals surface area contributed by atoms with Gasteiger partial charge in [0.1, 0.15) is 11.6 Å². The number of ketones is 2. The minimum atomic E-state index is -1.30. The maximum absolute atomic E-state index is 11.2. The van der Waals surface area contributed by atoms with E-state index in [0.717, 1.165) is 0 Å². The first-order chi connectivity index (χ1) is 13.7. The molecular weight excluding hydrogens is 483 g/mol. The second-order valence-corrected chi connectivity index (χ2v) is 11.3. The van der Waals surface area contributed by atoms with Gasteiger partial charge in [-0.1, -0.05) is 55.4 Å². The summed E-state index contributed by atoms with van der Waals surface area (Å²) in [5.74, 6) is -5.20. The van der Waals surface area contributed by atoms with Gasteiger partial charge in [-0.15, -0.1) is 0 Å². The van der Waals surface area contributed by atoms with Crippen molar-refractivity contribution in [2.24, 2.45) is 22.7 Å². The topological polar surface area (TPSA) is 133 Å². The molecule has 0 aliphatic rings. The van der Waals surface area contributed by atoms with E-state index >= 15 is 0 Å². The van der Waals surface area contributed by atoms with Crippen molar-refractivity contribution < 1.29 is 59.1 Å². The van der Waals surface area contributed by atoms with Crippen LogP contribution >= 0.6 is 0 Å². The van der Waals surface area contributed by atoms with Gasteiger partial charge in [-0.2, -0.15) is 0 Å². The molecule has 0 aliphatic heterocycles. The normalized spacial score (nSPS) is 13.1. The molecule has 0 aliphatic carbocycles. The van der Waals surface area contributed by atoms with Crippen LogP contribution in [-0.2, 0) is 48.9 Å². The van der Waals surface area contributed by atoms with Gasteiger partial charge in [-0.3, -0.25) is 9.59 Å². The van der Waals surface area contributed by atoms with Crippen molar-refractivity contribution in [2.45, 2.75) is 95.3 Å². The molecule has 2 unspecified atom stereocenters. The average Bonchev–Trinajstić information content (AvgIpc) is 2.57. The molecule has 0 saturated carbocycles. The van der Waals surface area contributed by atoms with Gasteiger partial charge in [-0.25, -0.2) is 0 Å². The van der Waals surface area contributed by atoms with E-state index in [1.807, 2.05) is 27.7 Å². The van der Waals surface area contributed by atoms with E-state index in [9.17, 15) is 29.4 Å². The number of carboxylic acid groups (broad SMARTS) is 2. The van der Waals surface area contributed by atoms with Crippen molar-refractivity contribution in [2.75, 3.05) is 0 Å². The van der Waals surface area contributed by atoms with Crippen molar-refractivity contribution in [3.8, 4) is 0 Å². The number of aliphatic carboxylic acids is 2. The number of hydrogen-bond donors (Lipinski definition) is 0. The van der Waals surface area contributed by atoms with Crippen molar-refractivity contribution in [3.63, 3.8) is 0 Å². The van der Waals surface area contributed by atoms with Crippen LogP contribution < -0.4 is 10.2 Å². The van der Waals surface area contributed by atoms with Crippen molar-refractivity contribution >= 4 is 23.5 Å². The quantitative estimate of drug-likeness (QED) is 0.439. The summed E-state index contributed by atoms with van der Waals surface area (Å²) < 4.78 is 10.6. The Balaban J connectivity index is -0.000000382. The summed E-state index contributed by atoms with van der Waals surface area (Å²) >= 11 is -0.929. The molecule has 0 rings (SSSR count). The van der Waals surface area contributed by atoms with Gasteiger partial charge >= 0.3 is 69.6 Å². The maximum atomic E-state index is 11.2. The van der Waals surface area contributed by atoms with E-state index in [4.69, 9.17) is 5.63 Å². The predicted molar refractivity (Wildman–Crippen MR) is 110 cm³/mol. The number of carbonyl (C=O) groups excluding carboxylic acids is 4. The van der Waals surface area contributed by atoms with Crippen LogP contribution in [0, 0.1) is 22.7 Å². The molecule has 0 saturated heterocycles. The number of hydrogen-bond acceptors (Lipinski definition) is 8. The zero-order valence-corrected chi connectivity index (χ0v) is 23.5.